The molecule has 108 valence electrons. The lowest BCUT2D eigenvalue weighted by atomic mass is 9.82. The Morgan fingerprint density at radius 2 is 2.05 bits per heavy atom. The number of nitrogens with one attached hydrogen (secondary N) is 1. The summed E-state index contributed by atoms with van der Waals surface area (Å²) in [6, 6.07) is 4.88. The summed E-state index contributed by atoms with van der Waals surface area (Å²) in [4.78, 5) is 1.44. The molecule has 0 aliphatic carbocycles. The van der Waals surface area contributed by atoms with E-state index >= 15 is 0 Å². The zero-order valence-corrected chi connectivity index (χ0v) is 14.6. The predicted molar refractivity (Wildman–Crippen MR) is 85.9 cm³/mol. The van der Waals surface area contributed by atoms with Crippen LogP contribution in [0.3, 0.4) is 0 Å². The van der Waals surface area contributed by atoms with Gasteiger partial charge in [0.25, 0.3) is 0 Å². The summed E-state index contributed by atoms with van der Waals surface area (Å²) in [5.41, 5.74) is 0. The predicted octanol–water partition coefficient (Wildman–Crippen LogP) is 4.09. The molecule has 5 unspecified atom stereocenters. The molecule has 2 rings (SSSR count). The van der Waals surface area contributed by atoms with Crippen molar-refractivity contribution in [2.45, 2.75) is 52.4 Å². The summed E-state index contributed by atoms with van der Waals surface area (Å²) in [6.45, 7) is 9.95. The van der Waals surface area contributed by atoms with E-state index in [2.05, 4.69) is 61.1 Å². The van der Waals surface area contributed by atoms with Gasteiger partial charge >= 0.3 is 0 Å². The van der Waals surface area contributed by atoms with Crippen LogP contribution in [0.4, 0.5) is 0 Å². The van der Waals surface area contributed by atoms with Gasteiger partial charge in [0.1, 0.15) is 0 Å². The molecule has 2 nitrogen and oxygen atoms in total. The van der Waals surface area contributed by atoms with E-state index in [0.29, 0.717) is 30.1 Å². The fourth-order valence-electron chi connectivity index (χ4n) is 3.27. The molecule has 1 N–H and O–H groups in total. The second-order valence-corrected chi connectivity index (χ2v) is 8.10. The molecule has 0 amide bonds. The van der Waals surface area contributed by atoms with Crippen LogP contribution >= 0.6 is 27.3 Å². The fraction of sp³-hybridized carbons (Fsp3) is 0.733. The second kappa shape index (κ2) is 6.70. The normalized spacial score (nSPS) is 32.7. The van der Waals surface area contributed by atoms with Crippen LogP contribution in [0.1, 0.15) is 32.6 Å². The molecule has 5 atom stereocenters. The molecule has 1 aromatic heterocycles. The van der Waals surface area contributed by atoms with Crippen LogP contribution in [0, 0.1) is 11.8 Å². The van der Waals surface area contributed by atoms with Crippen molar-refractivity contribution in [1.82, 2.24) is 5.32 Å². The van der Waals surface area contributed by atoms with Crippen molar-refractivity contribution in [3.8, 4) is 0 Å². The number of ether oxygens (including phenoxy) is 1. The van der Waals surface area contributed by atoms with Crippen LogP contribution in [0.25, 0.3) is 0 Å². The highest BCUT2D eigenvalue weighted by molar-refractivity contribution is 9.11. The minimum atomic E-state index is 0.345. The van der Waals surface area contributed by atoms with Crippen molar-refractivity contribution >= 4 is 27.3 Å². The molecule has 0 spiro atoms. The van der Waals surface area contributed by atoms with Crippen molar-refractivity contribution in [3.05, 3.63) is 20.8 Å². The molecule has 0 aromatic carbocycles. The highest BCUT2D eigenvalue weighted by Gasteiger charge is 2.41. The molecule has 4 heteroatoms. The maximum Gasteiger partial charge on any atom is 0.0701 e. The Bertz CT molecular complexity index is 409. The first-order valence-electron chi connectivity index (χ1n) is 7.16. The molecule has 19 heavy (non-hydrogen) atoms. The zero-order chi connectivity index (χ0) is 14.0. The van der Waals surface area contributed by atoms with Crippen molar-refractivity contribution < 1.29 is 4.74 Å². The third-order valence-electron chi connectivity index (χ3n) is 4.30. The summed E-state index contributed by atoms with van der Waals surface area (Å²) in [7, 11) is 0. The monoisotopic (exact) mass is 345 g/mol. The summed E-state index contributed by atoms with van der Waals surface area (Å²) >= 11 is 5.39. The average molecular weight is 346 g/mol. The Balaban J connectivity index is 2.11. The third-order valence-corrected chi connectivity index (χ3v) is 5.95. The van der Waals surface area contributed by atoms with Crippen LogP contribution in [0.15, 0.2) is 15.9 Å². The van der Waals surface area contributed by atoms with Crippen molar-refractivity contribution in [2.24, 2.45) is 11.8 Å². The van der Waals surface area contributed by atoms with Gasteiger partial charge in [-0.2, -0.15) is 0 Å². The Morgan fingerprint density at radius 1 is 1.32 bits per heavy atom. The molecule has 2 heterocycles. The fourth-order valence-corrected chi connectivity index (χ4v) is 4.81. The standard InChI is InChI=1S/C15H24BrNOS/c1-5-17-13(8-12-6-7-14(16)19-12)15-9(2)10(3)18-11(15)4/h6-7,9-11,13,15,17H,5,8H2,1-4H3. The van der Waals surface area contributed by atoms with Gasteiger partial charge in [0, 0.05) is 16.8 Å². The first-order chi connectivity index (χ1) is 9.02. The molecule has 1 aliphatic rings. The number of thiophene rings is 1. The molecule has 1 saturated heterocycles. The average Bonchev–Trinajstić information content (AvgIpc) is 2.84. The van der Waals surface area contributed by atoms with Gasteiger partial charge in [-0.1, -0.05) is 13.8 Å². The van der Waals surface area contributed by atoms with Gasteiger partial charge in [0.05, 0.1) is 16.0 Å². The van der Waals surface area contributed by atoms with Gasteiger partial charge in [-0.3, -0.25) is 0 Å². The van der Waals surface area contributed by atoms with Gasteiger partial charge in [-0.15, -0.1) is 11.3 Å². The molecule has 0 bridgehead atoms. The lowest BCUT2D eigenvalue weighted by molar-refractivity contribution is 0.0477. The number of halogens is 1. The topological polar surface area (TPSA) is 21.3 Å². The minimum Gasteiger partial charge on any atom is -0.375 e. The highest BCUT2D eigenvalue weighted by Crippen LogP contribution is 2.36. The molecule has 1 aliphatic heterocycles. The maximum absolute atomic E-state index is 6.01. The van der Waals surface area contributed by atoms with E-state index in [1.165, 1.54) is 8.66 Å². The van der Waals surface area contributed by atoms with Crippen LogP contribution < -0.4 is 5.32 Å². The number of likely N-dealkylation sites (N-methyl/N-ethyl adjacent to an activating group) is 1. The number of rotatable bonds is 5. The van der Waals surface area contributed by atoms with E-state index in [1.54, 1.807) is 0 Å². The van der Waals surface area contributed by atoms with Gasteiger partial charge in [0.15, 0.2) is 0 Å². The minimum absolute atomic E-state index is 0.345. The number of hydrogen-bond donors (Lipinski definition) is 1. The molecular weight excluding hydrogens is 322 g/mol. The van der Waals surface area contributed by atoms with Gasteiger partial charge in [0.2, 0.25) is 0 Å². The smallest absolute Gasteiger partial charge is 0.0701 e. The van der Waals surface area contributed by atoms with E-state index in [4.69, 9.17) is 4.74 Å². The quantitative estimate of drug-likeness (QED) is 0.867. The first kappa shape index (κ1) is 15.5. The van der Waals surface area contributed by atoms with E-state index in [-0.39, 0.29) is 0 Å². The van der Waals surface area contributed by atoms with E-state index in [1.807, 2.05) is 11.3 Å². The zero-order valence-electron chi connectivity index (χ0n) is 12.2. The maximum atomic E-state index is 6.01. The highest BCUT2D eigenvalue weighted by atomic mass is 79.9. The summed E-state index contributed by atoms with van der Waals surface area (Å²) in [6.07, 6.45) is 1.81. The Kier molecular flexibility index (Phi) is 5.46. The van der Waals surface area contributed by atoms with E-state index in [9.17, 15) is 0 Å². The van der Waals surface area contributed by atoms with Crippen LogP contribution in [-0.2, 0) is 11.2 Å². The van der Waals surface area contributed by atoms with Gasteiger partial charge in [-0.05, 0) is 60.8 Å². The van der Waals surface area contributed by atoms with Crippen LogP contribution in [0.2, 0.25) is 0 Å². The van der Waals surface area contributed by atoms with E-state index < -0.39 is 0 Å². The van der Waals surface area contributed by atoms with Gasteiger partial charge in [-0.25, -0.2) is 0 Å². The molecule has 0 saturated carbocycles. The third kappa shape index (κ3) is 3.60. The van der Waals surface area contributed by atoms with Crippen molar-refractivity contribution in [2.75, 3.05) is 6.54 Å². The first-order valence-corrected chi connectivity index (χ1v) is 8.77. The Labute approximate surface area is 129 Å². The van der Waals surface area contributed by atoms with Crippen LogP contribution in [-0.4, -0.2) is 24.8 Å². The molecule has 1 aromatic rings. The Hall–Kier alpha value is 0.1000. The number of hydrogen-bond acceptors (Lipinski definition) is 3. The molecule has 1 fully saturated rings. The summed E-state index contributed by atoms with van der Waals surface area (Å²) in [5.74, 6) is 1.21. The molecular formula is C15H24BrNOS. The van der Waals surface area contributed by atoms with Crippen molar-refractivity contribution in [3.63, 3.8) is 0 Å². The van der Waals surface area contributed by atoms with E-state index in [0.717, 1.165) is 13.0 Å². The van der Waals surface area contributed by atoms with Gasteiger partial charge < -0.3 is 10.1 Å². The SMILES string of the molecule is CCNC(Cc1ccc(Br)s1)C1C(C)OC(C)C1C. The lowest BCUT2D eigenvalue weighted by Gasteiger charge is -2.29. The second-order valence-electron chi connectivity index (χ2n) is 5.56. The largest absolute Gasteiger partial charge is 0.375 e. The van der Waals surface area contributed by atoms with Crippen molar-refractivity contribution in [1.29, 1.82) is 0 Å². The summed E-state index contributed by atoms with van der Waals surface area (Å²) < 4.78 is 7.23. The Morgan fingerprint density at radius 3 is 2.53 bits per heavy atom. The lowest BCUT2D eigenvalue weighted by Crippen LogP contribution is -2.43. The summed E-state index contributed by atoms with van der Waals surface area (Å²) in [5, 5.41) is 3.68. The molecule has 0 radical (unpaired) electrons. The van der Waals surface area contributed by atoms with Crippen LogP contribution in [0.5, 0.6) is 0 Å².